The van der Waals surface area contributed by atoms with Gasteiger partial charge >= 0.3 is 0 Å². The van der Waals surface area contributed by atoms with Gasteiger partial charge in [-0.2, -0.15) is 8.42 Å². The van der Waals surface area contributed by atoms with Crippen molar-refractivity contribution in [2.45, 2.75) is 4.90 Å². The van der Waals surface area contributed by atoms with Crippen molar-refractivity contribution in [3.63, 3.8) is 0 Å². The van der Waals surface area contributed by atoms with Gasteiger partial charge in [-0.05, 0) is 18.2 Å². The quantitative estimate of drug-likeness (QED) is 0.394. The molecule has 2 aromatic rings. The fourth-order valence-electron chi connectivity index (χ4n) is 1.76. The van der Waals surface area contributed by atoms with Crippen molar-refractivity contribution in [1.29, 1.82) is 0 Å². The lowest BCUT2D eigenvalue weighted by Gasteiger charge is -2.11. The zero-order valence-corrected chi connectivity index (χ0v) is 11.0. The molecule has 0 aliphatic carbocycles. The Morgan fingerprint density at radius 3 is 1.68 bits per heavy atom. The van der Waals surface area contributed by atoms with Crippen LogP contribution in [0.4, 0.5) is 26.3 Å². The molecule has 0 amide bonds. The van der Waals surface area contributed by atoms with Crippen LogP contribution in [0.2, 0.25) is 0 Å². The summed E-state index contributed by atoms with van der Waals surface area (Å²) < 4.78 is 111. The minimum absolute atomic E-state index is 0.224. The van der Waals surface area contributed by atoms with E-state index in [0.717, 1.165) is 0 Å². The highest BCUT2D eigenvalue weighted by Gasteiger charge is 2.30. The molecule has 0 bridgehead atoms. The molecule has 0 aromatic heterocycles. The number of hydrogen-bond donors (Lipinski definition) is 1. The Morgan fingerprint density at radius 1 is 0.773 bits per heavy atom. The predicted molar refractivity (Wildman–Crippen MR) is 61.4 cm³/mol. The maximum absolute atomic E-state index is 13.7. The lowest BCUT2D eigenvalue weighted by molar-refractivity contribution is 0.381. The second-order valence-electron chi connectivity index (χ2n) is 4.06. The van der Waals surface area contributed by atoms with E-state index >= 15 is 0 Å². The van der Waals surface area contributed by atoms with Gasteiger partial charge < -0.3 is 0 Å². The number of halogens is 6. The van der Waals surface area contributed by atoms with Gasteiger partial charge in [-0.3, -0.25) is 4.55 Å². The topological polar surface area (TPSA) is 54.4 Å². The van der Waals surface area contributed by atoms with E-state index < -0.39 is 61.0 Å². The molecule has 0 aliphatic rings. The van der Waals surface area contributed by atoms with Crippen LogP contribution in [0.5, 0.6) is 0 Å². The summed E-state index contributed by atoms with van der Waals surface area (Å²) in [7, 11) is -5.11. The molecule has 0 unspecified atom stereocenters. The van der Waals surface area contributed by atoms with Crippen LogP contribution in [0.3, 0.4) is 0 Å². The molecule has 22 heavy (non-hydrogen) atoms. The fraction of sp³-hybridized carbons (Fsp3) is 0. The summed E-state index contributed by atoms with van der Waals surface area (Å²) >= 11 is 0. The Morgan fingerprint density at radius 2 is 1.23 bits per heavy atom. The second-order valence-corrected chi connectivity index (χ2v) is 5.45. The van der Waals surface area contributed by atoms with E-state index in [1.54, 1.807) is 0 Å². The third-order valence-corrected chi connectivity index (χ3v) is 3.61. The average Bonchev–Trinajstić information content (AvgIpc) is 2.42. The normalized spacial score (nSPS) is 11.8. The van der Waals surface area contributed by atoms with Gasteiger partial charge in [0.2, 0.25) is 5.82 Å². The van der Waals surface area contributed by atoms with Crippen LogP contribution in [0, 0.1) is 34.9 Å². The average molecular weight is 342 g/mol. The van der Waals surface area contributed by atoms with Crippen LogP contribution in [-0.4, -0.2) is 13.0 Å². The summed E-state index contributed by atoms with van der Waals surface area (Å²) in [5.41, 5.74) is -2.86. The van der Waals surface area contributed by atoms with E-state index in [0.29, 0.717) is 12.1 Å². The van der Waals surface area contributed by atoms with Crippen molar-refractivity contribution < 1.29 is 39.3 Å². The van der Waals surface area contributed by atoms with Gasteiger partial charge in [-0.25, -0.2) is 26.3 Å². The van der Waals surface area contributed by atoms with E-state index in [1.807, 2.05) is 0 Å². The van der Waals surface area contributed by atoms with Gasteiger partial charge in [-0.1, -0.05) is 0 Å². The molecule has 3 nitrogen and oxygen atoms in total. The SMILES string of the molecule is O=S(=O)(O)c1ccc(F)cc1-c1c(F)c(F)c(F)c(F)c1F. The Bertz CT molecular complexity index is 850. The third-order valence-electron chi connectivity index (χ3n) is 2.70. The molecule has 0 spiro atoms. The highest BCUT2D eigenvalue weighted by Crippen LogP contribution is 2.35. The highest BCUT2D eigenvalue weighted by molar-refractivity contribution is 7.86. The molecular weight excluding hydrogens is 338 g/mol. The van der Waals surface area contributed by atoms with Crippen molar-refractivity contribution in [2.24, 2.45) is 0 Å². The molecule has 0 heterocycles. The van der Waals surface area contributed by atoms with Crippen molar-refractivity contribution in [2.75, 3.05) is 0 Å². The van der Waals surface area contributed by atoms with Crippen LogP contribution < -0.4 is 0 Å². The van der Waals surface area contributed by atoms with Crippen molar-refractivity contribution >= 4 is 10.1 Å². The van der Waals surface area contributed by atoms with Crippen LogP contribution in [-0.2, 0) is 10.1 Å². The smallest absolute Gasteiger partial charge is 0.282 e. The maximum atomic E-state index is 13.7. The van der Waals surface area contributed by atoms with E-state index in [-0.39, 0.29) is 6.07 Å². The van der Waals surface area contributed by atoms with Gasteiger partial charge in [-0.15, -0.1) is 0 Å². The monoisotopic (exact) mass is 342 g/mol. The summed E-state index contributed by atoms with van der Waals surface area (Å²) in [5.74, 6) is -13.0. The zero-order valence-electron chi connectivity index (χ0n) is 10.2. The van der Waals surface area contributed by atoms with Gasteiger partial charge in [0.15, 0.2) is 23.3 Å². The largest absolute Gasteiger partial charge is 0.295 e. The molecule has 0 saturated carbocycles. The molecule has 1 N–H and O–H groups in total. The maximum Gasteiger partial charge on any atom is 0.295 e. The van der Waals surface area contributed by atoms with Crippen LogP contribution in [0.15, 0.2) is 23.1 Å². The van der Waals surface area contributed by atoms with Gasteiger partial charge in [0, 0.05) is 5.56 Å². The first kappa shape index (κ1) is 16.3. The molecule has 0 radical (unpaired) electrons. The minimum Gasteiger partial charge on any atom is -0.282 e. The van der Waals surface area contributed by atoms with Crippen LogP contribution in [0.25, 0.3) is 11.1 Å². The lowest BCUT2D eigenvalue weighted by Crippen LogP contribution is -2.08. The lowest BCUT2D eigenvalue weighted by atomic mass is 10.0. The summed E-state index contributed by atoms with van der Waals surface area (Å²) in [6.45, 7) is 0. The summed E-state index contributed by atoms with van der Waals surface area (Å²) in [6.07, 6.45) is 0. The number of benzene rings is 2. The van der Waals surface area contributed by atoms with Crippen LogP contribution >= 0.6 is 0 Å². The summed E-state index contributed by atoms with van der Waals surface area (Å²) in [5, 5.41) is 0. The molecule has 0 fully saturated rings. The van der Waals surface area contributed by atoms with Gasteiger partial charge in [0.25, 0.3) is 10.1 Å². The summed E-state index contributed by atoms with van der Waals surface area (Å²) in [6, 6.07) is 1.18. The molecular formula is C12H4F6O3S. The number of rotatable bonds is 2. The van der Waals surface area contributed by atoms with E-state index in [4.69, 9.17) is 4.55 Å². The Kier molecular flexibility index (Phi) is 3.92. The van der Waals surface area contributed by atoms with E-state index in [1.165, 1.54) is 0 Å². The standard InChI is InChI=1S/C12H4F6O3S/c13-4-1-2-6(22(19,20)21)5(3-4)7-8(14)10(16)12(18)11(17)9(7)15/h1-3H,(H,19,20,21). The predicted octanol–water partition coefficient (Wildman–Crippen LogP) is 3.43. The molecule has 2 aromatic carbocycles. The molecule has 0 aliphatic heterocycles. The molecule has 0 saturated heterocycles. The summed E-state index contributed by atoms with van der Waals surface area (Å²) in [4.78, 5) is -1.21. The van der Waals surface area contributed by atoms with Crippen molar-refractivity contribution in [3.8, 4) is 11.1 Å². The fourth-order valence-corrected chi connectivity index (χ4v) is 2.44. The Balaban J connectivity index is 2.99. The van der Waals surface area contributed by atoms with Gasteiger partial charge in [0.05, 0.1) is 5.56 Å². The molecule has 118 valence electrons. The third kappa shape index (κ3) is 2.55. The first-order valence-corrected chi connectivity index (χ1v) is 6.78. The van der Waals surface area contributed by atoms with Crippen molar-refractivity contribution in [3.05, 3.63) is 53.1 Å². The Labute approximate surface area is 119 Å². The molecule has 0 atom stereocenters. The number of hydrogen-bond acceptors (Lipinski definition) is 2. The highest BCUT2D eigenvalue weighted by atomic mass is 32.2. The molecule has 2 rings (SSSR count). The minimum atomic E-state index is -5.11. The zero-order chi connectivity index (χ0) is 16.8. The first-order chi connectivity index (χ1) is 10.1. The van der Waals surface area contributed by atoms with Crippen LogP contribution in [0.1, 0.15) is 0 Å². The first-order valence-electron chi connectivity index (χ1n) is 5.34. The van der Waals surface area contributed by atoms with Gasteiger partial charge in [0.1, 0.15) is 10.7 Å². The van der Waals surface area contributed by atoms with E-state index in [2.05, 4.69) is 0 Å². The Hall–Kier alpha value is -2.07. The van der Waals surface area contributed by atoms with E-state index in [9.17, 15) is 34.8 Å². The second kappa shape index (κ2) is 5.29. The molecule has 10 heteroatoms. The van der Waals surface area contributed by atoms with Crippen molar-refractivity contribution in [1.82, 2.24) is 0 Å².